The third-order valence-electron chi connectivity index (χ3n) is 2.53. The highest BCUT2D eigenvalue weighted by molar-refractivity contribution is 7.94. The van der Waals surface area contributed by atoms with E-state index in [9.17, 15) is 22.0 Å². The summed E-state index contributed by atoms with van der Waals surface area (Å²) >= 11 is -0.0119. The highest BCUT2D eigenvalue weighted by Gasteiger charge is 2.60. The molecule has 0 spiro atoms. The van der Waals surface area contributed by atoms with Crippen LogP contribution in [0.15, 0.2) is 59.5 Å². The van der Waals surface area contributed by atoms with Crippen molar-refractivity contribution in [1.29, 1.82) is 0 Å². The van der Waals surface area contributed by atoms with Crippen LogP contribution in [0.1, 0.15) is 0 Å². The Morgan fingerprint density at radius 2 is 1.24 bits per heavy atom. The van der Waals surface area contributed by atoms with Gasteiger partial charge in [0.05, 0.1) is 0 Å². The van der Waals surface area contributed by atoms with Gasteiger partial charge < -0.3 is 0 Å². The van der Waals surface area contributed by atoms with E-state index in [1.54, 1.807) is 12.1 Å². The van der Waals surface area contributed by atoms with Crippen molar-refractivity contribution in [2.45, 2.75) is 17.2 Å². The maximum absolute atomic E-state index is 12.6. The molecule has 0 saturated heterocycles. The summed E-state index contributed by atoms with van der Waals surface area (Å²) in [4.78, 5) is 0.151. The van der Waals surface area contributed by atoms with Gasteiger partial charge in [0.25, 0.3) is 0 Å². The van der Waals surface area contributed by atoms with Crippen LogP contribution in [-0.4, -0.2) is 12.3 Å². The van der Waals surface area contributed by atoms with E-state index >= 15 is 0 Å². The van der Waals surface area contributed by atoms with Gasteiger partial charge in [-0.05, 0) is 23.3 Å². The largest absolute Gasteiger partial charge is 0.484 e. The van der Waals surface area contributed by atoms with Crippen molar-refractivity contribution in [3.05, 3.63) is 54.6 Å². The predicted molar refractivity (Wildman–Crippen MR) is 69.8 cm³/mol. The fourth-order valence-electron chi connectivity index (χ4n) is 1.48. The fourth-order valence-corrected chi connectivity index (χ4v) is 2.02. The number of benzene rings is 2. The molecule has 21 heavy (non-hydrogen) atoms. The van der Waals surface area contributed by atoms with E-state index < -0.39 is 12.3 Å². The van der Waals surface area contributed by atoms with Crippen LogP contribution in [0.4, 0.5) is 22.0 Å². The van der Waals surface area contributed by atoms with Gasteiger partial charge in [-0.15, -0.1) is 0 Å². The minimum absolute atomic E-state index is 0.0119. The average molecular weight is 320 g/mol. The molecule has 7 heteroatoms. The monoisotopic (exact) mass is 320 g/mol. The minimum atomic E-state index is -5.73. The van der Waals surface area contributed by atoms with E-state index in [4.69, 9.17) is 0 Å². The molecule has 0 fully saturated rings. The van der Waals surface area contributed by atoms with Crippen molar-refractivity contribution in [3.63, 3.8) is 0 Å². The summed E-state index contributed by atoms with van der Waals surface area (Å²) in [6.07, 6.45) is -10.9. The van der Waals surface area contributed by atoms with Gasteiger partial charge in [0.2, 0.25) is 0 Å². The summed E-state index contributed by atoms with van der Waals surface area (Å²) in [6.45, 7) is 0. The van der Waals surface area contributed by atoms with E-state index in [2.05, 4.69) is 4.18 Å². The molecule has 0 aromatic heterocycles. The maximum Gasteiger partial charge on any atom is 0.484 e. The Kier molecular flexibility index (Phi) is 4.53. The SMILES string of the molecule is FC(F)(F)C(F)(F)OSc1ccc(-c2ccccc2)cc1. The van der Waals surface area contributed by atoms with Gasteiger partial charge >= 0.3 is 12.3 Å². The molecule has 0 aliphatic carbocycles. The molecule has 0 heterocycles. The lowest BCUT2D eigenvalue weighted by Gasteiger charge is -2.18. The second kappa shape index (κ2) is 6.03. The molecule has 0 saturated carbocycles. The Morgan fingerprint density at radius 3 is 1.76 bits per heavy atom. The van der Waals surface area contributed by atoms with E-state index in [1.165, 1.54) is 12.1 Å². The predicted octanol–water partition coefficient (Wildman–Crippen LogP) is 5.53. The highest BCUT2D eigenvalue weighted by atomic mass is 32.2. The summed E-state index contributed by atoms with van der Waals surface area (Å²) in [5.41, 5.74) is 1.73. The Hall–Kier alpha value is -1.60. The van der Waals surface area contributed by atoms with Crippen LogP contribution < -0.4 is 0 Å². The first kappa shape index (κ1) is 15.8. The van der Waals surface area contributed by atoms with Crippen molar-refractivity contribution in [1.82, 2.24) is 0 Å². The van der Waals surface area contributed by atoms with Gasteiger partial charge in [-0.1, -0.05) is 42.5 Å². The van der Waals surface area contributed by atoms with Crippen LogP contribution in [0.3, 0.4) is 0 Å². The molecular weight excluding hydrogens is 311 g/mol. The zero-order chi connectivity index (χ0) is 15.5. The third-order valence-corrected chi connectivity index (χ3v) is 3.29. The Bertz CT molecular complexity index is 581. The number of hydrogen-bond donors (Lipinski definition) is 0. The Labute approximate surface area is 121 Å². The summed E-state index contributed by atoms with van der Waals surface area (Å²) in [5.74, 6) is 0. The molecule has 0 N–H and O–H groups in total. The van der Waals surface area contributed by atoms with Crippen LogP contribution in [0.5, 0.6) is 0 Å². The highest BCUT2D eigenvalue weighted by Crippen LogP contribution is 2.40. The topological polar surface area (TPSA) is 9.23 Å². The van der Waals surface area contributed by atoms with Crippen molar-refractivity contribution in [3.8, 4) is 11.1 Å². The third kappa shape index (κ3) is 3.95. The van der Waals surface area contributed by atoms with E-state index in [-0.39, 0.29) is 16.9 Å². The summed E-state index contributed by atoms with van der Waals surface area (Å²) in [5, 5.41) is 0. The van der Waals surface area contributed by atoms with Gasteiger partial charge in [-0.3, -0.25) is 0 Å². The molecule has 0 unspecified atom stereocenters. The van der Waals surface area contributed by atoms with Crippen molar-refractivity contribution in [2.24, 2.45) is 0 Å². The smallest absolute Gasteiger partial charge is 0.236 e. The fraction of sp³-hybridized carbons (Fsp3) is 0.143. The second-order valence-electron chi connectivity index (χ2n) is 4.07. The molecule has 2 aromatic carbocycles. The lowest BCUT2D eigenvalue weighted by molar-refractivity contribution is -0.356. The Morgan fingerprint density at radius 1 is 0.714 bits per heavy atom. The molecule has 2 aromatic rings. The molecular formula is C14H9F5OS. The first-order valence-electron chi connectivity index (χ1n) is 5.75. The maximum atomic E-state index is 12.6. The summed E-state index contributed by atoms with van der Waals surface area (Å²) in [7, 11) is 0. The molecule has 112 valence electrons. The van der Waals surface area contributed by atoms with Crippen LogP contribution in [0.2, 0.25) is 0 Å². The minimum Gasteiger partial charge on any atom is -0.236 e. The Balaban J connectivity index is 2.04. The van der Waals surface area contributed by atoms with Crippen molar-refractivity contribution < 1.29 is 26.1 Å². The van der Waals surface area contributed by atoms with E-state index in [0.717, 1.165) is 11.1 Å². The first-order valence-corrected chi connectivity index (χ1v) is 6.49. The van der Waals surface area contributed by atoms with Crippen LogP contribution in [0, 0.1) is 0 Å². The number of halogens is 5. The number of hydrogen-bond acceptors (Lipinski definition) is 2. The molecule has 0 aliphatic rings. The quantitative estimate of drug-likeness (QED) is 0.541. The van der Waals surface area contributed by atoms with Gasteiger partial charge in [-0.2, -0.15) is 22.0 Å². The standard InChI is InChI=1S/C14H9F5OS/c15-13(16,17)14(18,19)20-21-12-8-6-11(7-9-12)10-4-2-1-3-5-10/h1-9H. The van der Waals surface area contributed by atoms with E-state index in [0.29, 0.717) is 0 Å². The molecule has 0 radical (unpaired) electrons. The van der Waals surface area contributed by atoms with Gasteiger partial charge in [0, 0.05) is 16.9 Å². The van der Waals surface area contributed by atoms with E-state index in [1.807, 2.05) is 30.3 Å². The number of rotatable bonds is 4. The molecule has 2 rings (SSSR count). The lowest BCUT2D eigenvalue weighted by Crippen LogP contribution is -2.37. The van der Waals surface area contributed by atoms with Gasteiger partial charge in [0.1, 0.15) is 0 Å². The summed E-state index contributed by atoms with van der Waals surface area (Å²) < 4.78 is 64.6. The zero-order valence-corrected chi connectivity index (χ0v) is 11.2. The number of alkyl halides is 5. The normalized spacial score (nSPS) is 12.4. The lowest BCUT2D eigenvalue weighted by atomic mass is 10.1. The molecule has 0 atom stereocenters. The molecule has 0 bridgehead atoms. The van der Waals surface area contributed by atoms with Crippen LogP contribution >= 0.6 is 12.0 Å². The average Bonchev–Trinajstić information content (AvgIpc) is 2.45. The van der Waals surface area contributed by atoms with Crippen molar-refractivity contribution >= 4 is 12.0 Å². The van der Waals surface area contributed by atoms with Crippen molar-refractivity contribution in [2.75, 3.05) is 0 Å². The molecule has 0 aliphatic heterocycles. The van der Waals surface area contributed by atoms with Crippen LogP contribution in [-0.2, 0) is 4.18 Å². The summed E-state index contributed by atoms with van der Waals surface area (Å²) in [6, 6.07) is 15.3. The second-order valence-corrected chi connectivity index (χ2v) is 4.88. The van der Waals surface area contributed by atoms with Gasteiger partial charge in [0.15, 0.2) is 0 Å². The van der Waals surface area contributed by atoms with Crippen LogP contribution in [0.25, 0.3) is 11.1 Å². The zero-order valence-electron chi connectivity index (χ0n) is 10.4. The first-order chi connectivity index (χ1) is 9.79. The molecule has 1 nitrogen and oxygen atoms in total. The molecule has 0 amide bonds. The van der Waals surface area contributed by atoms with Gasteiger partial charge in [-0.25, -0.2) is 4.18 Å².